The molecule has 2 rings (SSSR count). The Kier molecular flexibility index (Phi) is 3.04. The van der Waals surface area contributed by atoms with Gasteiger partial charge in [0.25, 0.3) is 0 Å². The van der Waals surface area contributed by atoms with Crippen LogP contribution in [0.4, 0.5) is 0 Å². The van der Waals surface area contributed by atoms with Crippen LogP contribution in [0.1, 0.15) is 42.0 Å². The van der Waals surface area contributed by atoms with Gasteiger partial charge in [0.2, 0.25) is 0 Å². The van der Waals surface area contributed by atoms with E-state index in [9.17, 15) is 5.11 Å². The van der Waals surface area contributed by atoms with Crippen molar-refractivity contribution in [2.45, 2.75) is 39.2 Å². The molecule has 1 aromatic rings. The molecule has 0 heterocycles. The Morgan fingerprint density at radius 2 is 2.00 bits per heavy atom. The fourth-order valence-corrected chi connectivity index (χ4v) is 2.51. The second-order valence-corrected chi connectivity index (χ2v) is 5.20. The molecule has 2 nitrogen and oxygen atoms in total. The first-order chi connectivity index (χ1) is 7.59. The summed E-state index contributed by atoms with van der Waals surface area (Å²) in [5, 5.41) is 9.51. The first-order valence-electron chi connectivity index (χ1n) is 6.03. The van der Waals surface area contributed by atoms with Crippen LogP contribution in [-0.4, -0.2) is 11.7 Å². The van der Waals surface area contributed by atoms with E-state index in [-0.39, 0.29) is 18.1 Å². The van der Waals surface area contributed by atoms with Crippen LogP contribution in [0.25, 0.3) is 0 Å². The highest BCUT2D eigenvalue weighted by Gasteiger charge is 2.42. The zero-order chi connectivity index (χ0) is 11.8. The Labute approximate surface area is 97.5 Å². The van der Waals surface area contributed by atoms with Crippen molar-refractivity contribution in [2.75, 3.05) is 6.61 Å². The molecule has 0 aromatic heterocycles. The van der Waals surface area contributed by atoms with Gasteiger partial charge in [-0.1, -0.05) is 24.6 Å². The predicted molar refractivity (Wildman–Crippen MR) is 66.2 cm³/mol. The fraction of sp³-hybridized carbons (Fsp3) is 0.571. The molecule has 88 valence electrons. The Balaban J connectivity index is 2.26. The average molecular weight is 219 g/mol. The Morgan fingerprint density at radius 1 is 1.31 bits per heavy atom. The largest absolute Gasteiger partial charge is 0.396 e. The van der Waals surface area contributed by atoms with E-state index in [1.165, 1.54) is 17.5 Å². The lowest BCUT2D eigenvalue weighted by Crippen LogP contribution is -2.43. The first kappa shape index (κ1) is 11.6. The van der Waals surface area contributed by atoms with E-state index in [2.05, 4.69) is 32.0 Å². The van der Waals surface area contributed by atoms with Gasteiger partial charge in [0.15, 0.2) is 0 Å². The maximum absolute atomic E-state index is 9.51. The van der Waals surface area contributed by atoms with Crippen LogP contribution in [0, 0.1) is 19.3 Å². The summed E-state index contributed by atoms with van der Waals surface area (Å²) in [7, 11) is 0. The topological polar surface area (TPSA) is 46.2 Å². The van der Waals surface area contributed by atoms with Crippen molar-refractivity contribution >= 4 is 0 Å². The van der Waals surface area contributed by atoms with E-state index in [4.69, 9.17) is 5.73 Å². The van der Waals surface area contributed by atoms with Crippen molar-refractivity contribution in [1.82, 2.24) is 0 Å². The Bertz CT molecular complexity index is 377. The number of benzene rings is 1. The highest BCUT2D eigenvalue weighted by molar-refractivity contribution is 5.33. The second kappa shape index (κ2) is 4.19. The minimum absolute atomic E-state index is 0.0226. The lowest BCUT2D eigenvalue weighted by atomic mass is 9.63. The summed E-state index contributed by atoms with van der Waals surface area (Å²) in [5.41, 5.74) is 9.99. The molecule has 1 aromatic carbocycles. The molecule has 0 amide bonds. The molecule has 0 aliphatic heterocycles. The molecule has 0 saturated heterocycles. The van der Waals surface area contributed by atoms with Crippen LogP contribution in [0.5, 0.6) is 0 Å². The van der Waals surface area contributed by atoms with Crippen molar-refractivity contribution in [3.8, 4) is 0 Å². The lowest BCUT2D eigenvalue weighted by molar-refractivity contribution is 0.0184. The Morgan fingerprint density at radius 3 is 2.44 bits per heavy atom. The van der Waals surface area contributed by atoms with Gasteiger partial charge >= 0.3 is 0 Å². The van der Waals surface area contributed by atoms with E-state index < -0.39 is 0 Å². The summed E-state index contributed by atoms with van der Waals surface area (Å²) in [5.74, 6) is 0. The third-order valence-corrected chi connectivity index (χ3v) is 4.21. The monoisotopic (exact) mass is 219 g/mol. The van der Waals surface area contributed by atoms with Crippen LogP contribution in [0.15, 0.2) is 18.2 Å². The summed E-state index contributed by atoms with van der Waals surface area (Å²) in [6.07, 6.45) is 3.30. The van der Waals surface area contributed by atoms with Crippen LogP contribution < -0.4 is 5.73 Å². The zero-order valence-corrected chi connectivity index (χ0v) is 10.2. The third-order valence-electron chi connectivity index (χ3n) is 4.21. The van der Waals surface area contributed by atoms with E-state index >= 15 is 0 Å². The number of aryl methyl sites for hydroxylation is 2. The predicted octanol–water partition coefficient (Wildman–Crippen LogP) is 2.47. The fourth-order valence-electron chi connectivity index (χ4n) is 2.51. The molecule has 1 saturated carbocycles. The summed E-state index contributed by atoms with van der Waals surface area (Å²) < 4.78 is 0. The smallest absolute Gasteiger partial charge is 0.0505 e. The van der Waals surface area contributed by atoms with Crippen molar-refractivity contribution in [3.05, 3.63) is 34.9 Å². The van der Waals surface area contributed by atoms with Crippen molar-refractivity contribution in [1.29, 1.82) is 0 Å². The van der Waals surface area contributed by atoms with E-state index in [1.807, 2.05) is 0 Å². The average Bonchev–Trinajstić information content (AvgIpc) is 2.21. The van der Waals surface area contributed by atoms with Gasteiger partial charge in [0.05, 0.1) is 6.61 Å². The number of aliphatic hydroxyl groups is 1. The standard InChI is InChI=1S/C14H21NO/c1-10-4-5-12(8-11(10)2)13(15)14(9-16)6-3-7-14/h4-5,8,13,16H,3,6-7,9,15H2,1-2H3. The lowest BCUT2D eigenvalue weighted by Gasteiger charge is -2.45. The van der Waals surface area contributed by atoms with Gasteiger partial charge in [0.1, 0.15) is 0 Å². The molecule has 16 heavy (non-hydrogen) atoms. The van der Waals surface area contributed by atoms with Crippen LogP contribution in [0.3, 0.4) is 0 Å². The van der Waals surface area contributed by atoms with Gasteiger partial charge in [-0.25, -0.2) is 0 Å². The highest BCUT2D eigenvalue weighted by atomic mass is 16.3. The molecular formula is C14H21NO. The molecule has 3 N–H and O–H groups in total. The van der Waals surface area contributed by atoms with Crippen molar-refractivity contribution < 1.29 is 5.11 Å². The summed E-state index contributed by atoms with van der Waals surface area (Å²) in [6.45, 7) is 4.43. The first-order valence-corrected chi connectivity index (χ1v) is 6.03. The Hall–Kier alpha value is -0.860. The van der Waals surface area contributed by atoms with E-state index in [0.717, 1.165) is 18.4 Å². The van der Waals surface area contributed by atoms with Crippen LogP contribution in [-0.2, 0) is 0 Å². The van der Waals surface area contributed by atoms with Gasteiger partial charge in [-0.05, 0) is 43.4 Å². The normalized spacial score (nSPS) is 20.2. The third kappa shape index (κ3) is 1.76. The van der Waals surface area contributed by atoms with Crippen molar-refractivity contribution in [3.63, 3.8) is 0 Å². The molecular weight excluding hydrogens is 198 g/mol. The molecule has 1 unspecified atom stereocenters. The number of hydrogen-bond acceptors (Lipinski definition) is 2. The number of hydrogen-bond donors (Lipinski definition) is 2. The van der Waals surface area contributed by atoms with E-state index in [0.29, 0.717) is 0 Å². The van der Waals surface area contributed by atoms with Crippen LogP contribution in [0.2, 0.25) is 0 Å². The van der Waals surface area contributed by atoms with E-state index in [1.54, 1.807) is 0 Å². The molecule has 1 atom stereocenters. The van der Waals surface area contributed by atoms with Crippen LogP contribution >= 0.6 is 0 Å². The maximum atomic E-state index is 9.51. The summed E-state index contributed by atoms with van der Waals surface area (Å²) >= 11 is 0. The molecule has 1 aliphatic carbocycles. The SMILES string of the molecule is Cc1ccc(C(N)C2(CO)CCC2)cc1C. The second-order valence-electron chi connectivity index (χ2n) is 5.20. The quantitative estimate of drug-likeness (QED) is 0.820. The number of aliphatic hydroxyl groups excluding tert-OH is 1. The zero-order valence-electron chi connectivity index (χ0n) is 10.2. The molecule has 0 bridgehead atoms. The van der Waals surface area contributed by atoms with Gasteiger partial charge in [0, 0.05) is 11.5 Å². The molecule has 1 fully saturated rings. The van der Waals surface area contributed by atoms with Gasteiger partial charge < -0.3 is 10.8 Å². The van der Waals surface area contributed by atoms with Gasteiger partial charge in [-0.3, -0.25) is 0 Å². The van der Waals surface area contributed by atoms with Gasteiger partial charge in [-0.15, -0.1) is 0 Å². The van der Waals surface area contributed by atoms with Crippen molar-refractivity contribution in [2.24, 2.45) is 11.1 Å². The maximum Gasteiger partial charge on any atom is 0.0505 e. The van der Waals surface area contributed by atoms with Gasteiger partial charge in [-0.2, -0.15) is 0 Å². The molecule has 1 aliphatic rings. The highest BCUT2D eigenvalue weighted by Crippen LogP contribution is 2.48. The minimum Gasteiger partial charge on any atom is -0.396 e. The summed E-state index contributed by atoms with van der Waals surface area (Å²) in [4.78, 5) is 0. The summed E-state index contributed by atoms with van der Waals surface area (Å²) in [6, 6.07) is 6.36. The molecule has 0 spiro atoms. The molecule has 0 radical (unpaired) electrons. The molecule has 2 heteroatoms. The number of rotatable bonds is 3. The number of nitrogens with two attached hydrogens (primary N) is 1. The minimum atomic E-state index is -0.0539.